The van der Waals surface area contributed by atoms with Gasteiger partial charge in [0, 0.05) is 18.8 Å². The number of methoxy groups -OCH3 is 1. The van der Waals surface area contributed by atoms with Crippen molar-refractivity contribution in [3.63, 3.8) is 0 Å². The van der Waals surface area contributed by atoms with Crippen molar-refractivity contribution in [2.24, 2.45) is 0 Å². The molecule has 0 spiro atoms. The van der Waals surface area contributed by atoms with E-state index in [2.05, 4.69) is 9.72 Å². The molecule has 0 amide bonds. The maximum Gasteiger partial charge on any atom is 0.387 e. The van der Waals surface area contributed by atoms with Gasteiger partial charge in [0.25, 0.3) is 0 Å². The number of hydrogen-bond acceptors (Lipinski definition) is 6. The van der Waals surface area contributed by atoms with E-state index >= 15 is 0 Å². The second kappa shape index (κ2) is 10.1. The summed E-state index contributed by atoms with van der Waals surface area (Å²) in [6, 6.07) is 7.66. The van der Waals surface area contributed by atoms with Gasteiger partial charge in [0.15, 0.2) is 11.5 Å². The van der Waals surface area contributed by atoms with Gasteiger partial charge in [-0.25, -0.2) is 4.79 Å². The average molecular weight is 474 g/mol. The first kappa shape index (κ1) is 22.3. The zero-order chi connectivity index (χ0) is 21.7. The third kappa shape index (κ3) is 5.38. The molecule has 0 fully saturated rings. The van der Waals surface area contributed by atoms with Gasteiger partial charge in [0.05, 0.1) is 17.2 Å². The lowest BCUT2D eigenvalue weighted by Crippen LogP contribution is -2.14. The van der Waals surface area contributed by atoms with E-state index in [0.717, 1.165) is 0 Å². The fourth-order valence-corrected chi connectivity index (χ4v) is 3.83. The number of alkyl halides is 2. The summed E-state index contributed by atoms with van der Waals surface area (Å²) in [5.74, 6) is -0.611. The molecule has 2 heterocycles. The Hall–Kier alpha value is -2.42. The molecule has 2 aromatic heterocycles. The molecule has 30 heavy (non-hydrogen) atoms. The fraction of sp³-hybridized carbons (Fsp3) is 0.200. The lowest BCUT2D eigenvalue weighted by atomic mass is 10.0. The molecular formula is C20H15Cl2F2NO4S. The molecule has 0 bridgehead atoms. The normalized spacial score (nSPS) is 11.9. The summed E-state index contributed by atoms with van der Waals surface area (Å²) < 4.78 is 40.6. The minimum Gasteiger partial charge on any atom is -0.493 e. The maximum absolute atomic E-state index is 12.6. The van der Waals surface area contributed by atoms with Crippen LogP contribution in [0.2, 0.25) is 10.0 Å². The molecular weight excluding hydrogens is 459 g/mol. The summed E-state index contributed by atoms with van der Waals surface area (Å²) in [6.07, 6.45) is 2.17. The number of aromatic nitrogens is 1. The number of nitrogens with zero attached hydrogens (tertiary/aromatic N) is 1. The monoisotopic (exact) mass is 473 g/mol. The van der Waals surface area contributed by atoms with E-state index in [-0.39, 0.29) is 17.9 Å². The van der Waals surface area contributed by atoms with Crippen LogP contribution in [0.15, 0.2) is 48.1 Å². The highest BCUT2D eigenvalue weighted by Crippen LogP contribution is 2.36. The summed E-state index contributed by atoms with van der Waals surface area (Å²) in [7, 11) is 1.32. The van der Waals surface area contributed by atoms with Crippen molar-refractivity contribution in [1.29, 1.82) is 0 Å². The molecule has 158 valence electrons. The van der Waals surface area contributed by atoms with Crippen molar-refractivity contribution >= 4 is 40.5 Å². The summed E-state index contributed by atoms with van der Waals surface area (Å²) >= 11 is 13.7. The molecule has 5 nitrogen and oxygen atoms in total. The number of pyridine rings is 1. The zero-order valence-corrected chi connectivity index (χ0v) is 17.8. The van der Waals surface area contributed by atoms with Gasteiger partial charge in [-0.15, -0.1) is 11.3 Å². The third-order valence-electron chi connectivity index (χ3n) is 4.09. The van der Waals surface area contributed by atoms with Crippen LogP contribution in [-0.4, -0.2) is 24.7 Å². The molecule has 10 heteroatoms. The minimum absolute atomic E-state index is 0.0666. The number of esters is 1. The molecule has 1 aromatic carbocycles. The van der Waals surface area contributed by atoms with Gasteiger partial charge in [-0.3, -0.25) is 4.98 Å². The highest BCUT2D eigenvalue weighted by Gasteiger charge is 2.24. The van der Waals surface area contributed by atoms with Crippen molar-refractivity contribution < 1.29 is 27.8 Å². The van der Waals surface area contributed by atoms with Crippen molar-refractivity contribution in [3.05, 3.63) is 74.2 Å². The number of benzene rings is 1. The molecule has 0 aliphatic rings. The van der Waals surface area contributed by atoms with Gasteiger partial charge in [0.2, 0.25) is 0 Å². The van der Waals surface area contributed by atoms with Crippen LogP contribution < -0.4 is 9.47 Å². The van der Waals surface area contributed by atoms with Gasteiger partial charge in [-0.2, -0.15) is 8.78 Å². The number of halogens is 4. The summed E-state index contributed by atoms with van der Waals surface area (Å²) in [5.41, 5.74) is 1.02. The van der Waals surface area contributed by atoms with Crippen molar-refractivity contribution in [2.45, 2.75) is 19.1 Å². The first-order chi connectivity index (χ1) is 14.4. The van der Waals surface area contributed by atoms with Crippen molar-refractivity contribution in [1.82, 2.24) is 4.98 Å². The number of carbonyl (C=O) groups is 1. The molecule has 0 aliphatic carbocycles. The zero-order valence-electron chi connectivity index (χ0n) is 15.5. The van der Waals surface area contributed by atoms with Crippen molar-refractivity contribution in [3.8, 4) is 11.5 Å². The van der Waals surface area contributed by atoms with Crippen LogP contribution in [0.3, 0.4) is 0 Å². The smallest absolute Gasteiger partial charge is 0.387 e. The molecule has 0 aliphatic heterocycles. The van der Waals surface area contributed by atoms with E-state index in [9.17, 15) is 13.6 Å². The second-order valence-electron chi connectivity index (χ2n) is 5.95. The lowest BCUT2D eigenvalue weighted by Gasteiger charge is -2.21. The molecule has 0 N–H and O–H groups in total. The van der Waals surface area contributed by atoms with Crippen LogP contribution in [0, 0.1) is 0 Å². The molecule has 1 atom stereocenters. The van der Waals surface area contributed by atoms with Crippen LogP contribution in [-0.2, 0) is 11.2 Å². The highest BCUT2D eigenvalue weighted by atomic mass is 35.5. The van der Waals surface area contributed by atoms with Gasteiger partial charge in [-0.05, 0) is 34.7 Å². The number of thiophene rings is 1. The standard InChI is InChI=1S/C20H15Cl2F2NO4S/c1-27-17-7-11(4-5-15(17)29-20(23)24)16(28-19(26)18-3-2-6-30-18)8-12-13(21)9-25-10-14(12)22/h2-7,9-10,16,20H,8H2,1H3/t16-/m0/s1. The SMILES string of the molecule is COc1cc([C@H](Cc2c(Cl)cncc2Cl)OC(=O)c2cccs2)ccc1OC(F)F. The van der Waals surface area contributed by atoms with Crippen LogP contribution in [0.25, 0.3) is 0 Å². The van der Waals surface area contributed by atoms with Crippen LogP contribution in [0.1, 0.15) is 26.9 Å². The van der Waals surface area contributed by atoms with Crippen LogP contribution in [0.5, 0.6) is 11.5 Å². The predicted molar refractivity (Wildman–Crippen MR) is 110 cm³/mol. The Labute approximate surface area is 185 Å². The number of ether oxygens (including phenoxy) is 3. The Balaban J connectivity index is 1.97. The van der Waals surface area contributed by atoms with Gasteiger partial charge < -0.3 is 14.2 Å². The molecule has 0 saturated heterocycles. The lowest BCUT2D eigenvalue weighted by molar-refractivity contribution is -0.0512. The first-order valence-electron chi connectivity index (χ1n) is 8.54. The summed E-state index contributed by atoms with van der Waals surface area (Å²) in [6.45, 7) is -3.01. The summed E-state index contributed by atoms with van der Waals surface area (Å²) in [5, 5.41) is 2.37. The Morgan fingerprint density at radius 3 is 2.50 bits per heavy atom. The number of rotatable bonds is 8. The van der Waals surface area contributed by atoms with E-state index in [1.54, 1.807) is 17.5 Å². The molecule has 3 aromatic rings. The fourth-order valence-electron chi connectivity index (χ4n) is 2.71. The topological polar surface area (TPSA) is 57.7 Å². The molecule has 3 rings (SSSR count). The Morgan fingerprint density at radius 2 is 1.90 bits per heavy atom. The van der Waals surface area contributed by atoms with E-state index in [1.165, 1.54) is 49.0 Å². The minimum atomic E-state index is -3.01. The Kier molecular flexibility index (Phi) is 7.47. The first-order valence-corrected chi connectivity index (χ1v) is 10.2. The number of hydrogen-bond donors (Lipinski definition) is 0. The molecule has 0 radical (unpaired) electrons. The highest BCUT2D eigenvalue weighted by molar-refractivity contribution is 7.11. The summed E-state index contributed by atoms with van der Waals surface area (Å²) in [4.78, 5) is 16.9. The predicted octanol–water partition coefficient (Wildman–Crippen LogP) is 6.20. The van der Waals surface area contributed by atoms with Gasteiger partial charge in [0.1, 0.15) is 11.0 Å². The van der Waals surface area contributed by atoms with E-state index in [4.69, 9.17) is 32.7 Å². The maximum atomic E-state index is 12.6. The number of carbonyl (C=O) groups excluding carboxylic acids is 1. The van der Waals surface area contributed by atoms with Gasteiger partial charge >= 0.3 is 12.6 Å². The largest absolute Gasteiger partial charge is 0.493 e. The van der Waals surface area contributed by atoms with Gasteiger partial charge in [-0.1, -0.05) is 35.3 Å². The van der Waals surface area contributed by atoms with Crippen LogP contribution in [0.4, 0.5) is 8.78 Å². The van der Waals surface area contributed by atoms with E-state index < -0.39 is 18.7 Å². The molecule has 0 unspecified atom stereocenters. The quantitative estimate of drug-likeness (QED) is 0.364. The second-order valence-corrected chi connectivity index (χ2v) is 7.71. The molecule has 0 saturated carbocycles. The van der Waals surface area contributed by atoms with Crippen molar-refractivity contribution in [2.75, 3.05) is 7.11 Å². The van der Waals surface area contributed by atoms with Crippen LogP contribution >= 0.6 is 34.5 Å². The Morgan fingerprint density at radius 1 is 1.17 bits per heavy atom. The van der Waals surface area contributed by atoms with E-state index in [1.807, 2.05) is 0 Å². The van der Waals surface area contributed by atoms with E-state index in [0.29, 0.717) is 26.0 Å². The Bertz CT molecular complexity index is 998. The average Bonchev–Trinajstić information content (AvgIpc) is 3.25. The third-order valence-corrected chi connectivity index (χ3v) is 5.59.